The fourth-order valence-corrected chi connectivity index (χ4v) is 1.53. The van der Waals surface area contributed by atoms with Crippen molar-refractivity contribution in [3.63, 3.8) is 0 Å². The number of carbonyl (C=O) groups excluding carboxylic acids is 1. The highest BCUT2D eigenvalue weighted by molar-refractivity contribution is 5.84. The number of amides is 1. The summed E-state index contributed by atoms with van der Waals surface area (Å²) in [5, 5.41) is 19.8. The SMILES string of the molecule is Cc1ccc(CC(=O)NC(CO)C(=O)O)cc1C. The van der Waals surface area contributed by atoms with Gasteiger partial charge in [-0.05, 0) is 30.5 Å². The van der Waals surface area contributed by atoms with Crippen molar-refractivity contribution in [2.75, 3.05) is 6.61 Å². The molecule has 5 nitrogen and oxygen atoms in total. The van der Waals surface area contributed by atoms with Crippen molar-refractivity contribution in [2.24, 2.45) is 0 Å². The first-order chi connectivity index (χ1) is 8.43. The van der Waals surface area contributed by atoms with Crippen LogP contribution in [0.1, 0.15) is 16.7 Å². The normalized spacial score (nSPS) is 11.9. The molecule has 0 aliphatic carbocycles. The quantitative estimate of drug-likeness (QED) is 0.707. The second-order valence-corrected chi connectivity index (χ2v) is 4.24. The van der Waals surface area contributed by atoms with E-state index in [0.717, 1.165) is 16.7 Å². The van der Waals surface area contributed by atoms with E-state index in [2.05, 4.69) is 5.32 Å². The van der Waals surface area contributed by atoms with Crippen molar-refractivity contribution in [1.29, 1.82) is 0 Å². The fourth-order valence-electron chi connectivity index (χ4n) is 1.53. The Balaban J connectivity index is 2.64. The van der Waals surface area contributed by atoms with Gasteiger partial charge in [-0.25, -0.2) is 4.79 Å². The van der Waals surface area contributed by atoms with E-state index in [1.807, 2.05) is 32.0 Å². The summed E-state index contributed by atoms with van der Waals surface area (Å²) in [5.74, 6) is -1.66. The number of carboxylic acids is 1. The standard InChI is InChI=1S/C13H17NO4/c1-8-3-4-10(5-9(8)2)6-12(16)14-11(7-15)13(17)18/h3-5,11,15H,6-7H2,1-2H3,(H,14,16)(H,17,18). The molecule has 0 saturated heterocycles. The van der Waals surface area contributed by atoms with Crippen LogP contribution < -0.4 is 5.32 Å². The van der Waals surface area contributed by atoms with Gasteiger partial charge in [-0.2, -0.15) is 0 Å². The van der Waals surface area contributed by atoms with E-state index in [9.17, 15) is 9.59 Å². The average Bonchev–Trinajstić information content (AvgIpc) is 2.30. The lowest BCUT2D eigenvalue weighted by molar-refractivity contribution is -0.142. The number of carbonyl (C=O) groups is 2. The monoisotopic (exact) mass is 251 g/mol. The van der Waals surface area contributed by atoms with Crippen LogP contribution >= 0.6 is 0 Å². The van der Waals surface area contributed by atoms with Gasteiger partial charge in [0.05, 0.1) is 13.0 Å². The molecule has 0 aliphatic rings. The van der Waals surface area contributed by atoms with Gasteiger partial charge in [0.2, 0.25) is 5.91 Å². The van der Waals surface area contributed by atoms with E-state index in [-0.39, 0.29) is 6.42 Å². The maximum Gasteiger partial charge on any atom is 0.328 e. The molecular weight excluding hydrogens is 234 g/mol. The zero-order valence-corrected chi connectivity index (χ0v) is 10.4. The van der Waals surface area contributed by atoms with Crippen LogP contribution in [0.4, 0.5) is 0 Å². The lowest BCUT2D eigenvalue weighted by atomic mass is 10.0. The van der Waals surface area contributed by atoms with Gasteiger partial charge in [0.15, 0.2) is 0 Å². The van der Waals surface area contributed by atoms with E-state index >= 15 is 0 Å². The molecule has 0 heterocycles. The Morgan fingerprint density at radius 1 is 1.28 bits per heavy atom. The third-order valence-corrected chi connectivity index (χ3v) is 2.75. The van der Waals surface area contributed by atoms with Crippen molar-refractivity contribution in [3.8, 4) is 0 Å². The Bertz CT molecular complexity index is 456. The summed E-state index contributed by atoms with van der Waals surface area (Å²) in [5.41, 5.74) is 3.04. The van der Waals surface area contributed by atoms with Crippen LogP contribution in [0.3, 0.4) is 0 Å². The summed E-state index contributed by atoms with van der Waals surface area (Å²) >= 11 is 0. The van der Waals surface area contributed by atoms with Gasteiger partial charge in [0, 0.05) is 0 Å². The fraction of sp³-hybridized carbons (Fsp3) is 0.385. The van der Waals surface area contributed by atoms with Gasteiger partial charge in [-0.1, -0.05) is 18.2 Å². The summed E-state index contributed by atoms with van der Waals surface area (Å²) < 4.78 is 0. The molecule has 1 atom stereocenters. The first-order valence-electron chi connectivity index (χ1n) is 5.63. The summed E-state index contributed by atoms with van der Waals surface area (Å²) in [4.78, 5) is 22.2. The largest absolute Gasteiger partial charge is 0.480 e. The summed E-state index contributed by atoms with van der Waals surface area (Å²) in [6.07, 6.45) is 0.102. The van der Waals surface area contributed by atoms with Crippen LogP contribution in [-0.4, -0.2) is 34.7 Å². The van der Waals surface area contributed by atoms with E-state index in [1.54, 1.807) is 0 Å². The molecule has 0 aromatic heterocycles. The molecule has 1 unspecified atom stereocenters. The third kappa shape index (κ3) is 3.85. The first-order valence-corrected chi connectivity index (χ1v) is 5.63. The number of rotatable bonds is 5. The minimum atomic E-state index is -1.25. The highest BCUT2D eigenvalue weighted by Crippen LogP contribution is 2.10. The Labute approximate surface area is 105 Å². The molecule has 5 heteroatoms. The molecule has 18 heavy (non-hydrogen) atoms. The zero-order chi connectivity index (χ0) is 13.7. The lowest BCUT2D eigenvalue weighted by Gasteiger charge is -2.12. The van der Waals surface area contributed by atoms with Crippen LogP contribution in [-0.2, 0) is 16.0 Å². The highest BCUT2D eigenvalue weighted by atomic mass is 16.4. The van der Waals surface area contributed by atoms with Gasteiger partial charge in [0.1, 0.15) is 6.04 Å². The number of carboxylic acid groups (broad SMARTS) is 1. The average molecular weight is 251 g/mol. The summed E-state index contributed by atoms with van der Waals surface area (Å²) in [6, 6.07) is 4.39. The van der Waals surface area contributed by atoms with Crippen LogP contribution in [0.15, 0.2) is 18.2 Å². The molecule has 0 spiro atoms. The number of benzene rings is 1. The number of aliphatic carboxylic acids is 1. The maximum absolute atomic E-state index is 11.6. The van der Waals surface area contributed by atoms with Gasteiger partial charge in [-0.15, -0.1) is 0 Å². The Morgan fingerprint density at radius 2 is 1.94 bits per heavy atom. The van der Waals surface area contributed by atoms with E-state index in [1.165, 1.54) is 0 Å². The molecule has 1 aromatic carbocycles. The molecule has 0 aliphatic heterocycles. The van der Waals surface area contributed by atoms with Gasteiger partial charge in [0.25, 0.3) is 0 Å². The minimum Gasteiger partial charge on any atom is -0.480 e. The number of aliphatic hydroxyl groups excluding tert-OH is 1. The molecule has 1 amide bonds. The van der Waals surface area contributed by atoms with E-state index < -0.39 is 24.5 Å². The van der Waals surface area contributed by atoms with Gasteiger partial charge in [-0.3, -0.25) is 4.79 Å². The minimum absolute atomic E-state index is 0.102. The molecule has 98 valence electrons. The van der Waals surface area contributed by atoms with Crippen LogP contribution in [0, 0.1) is 13.8 Å². The first kappa shape index (κ1) is 14.2. The number of aliphatic hydroxyl groups is 1. The number of nitrogens with one attached hydrogen (secondary N) is 1. The number of hydrogen-bond donors (Lipinski definition) is 3. The zero-order valence-electron chi connectivity index (χ0n) is 10.4. The molecule has 0 saturated carbocycles. The molecule has 1 rings (SSSR count). The van der Waals surface area contributed by atoms with Crippen molar-refractivity contribution < 1.29 is 19.8 Å². The Hall–Kier alpha value is -1.88. The third-order valence-electron chi connectivity index (χ3n) is 2.75. The molecule has 1 aromatic rings. The topological polar surface area (TPSA) is 86.6 Å². The lowest BCUT2D eigenvalue weighted by Crippen LogP contribution is -2.43. The number of aryl methyl sites for hydroxylation is 2. The van der Waals surface area contributed by atoms with E-state index in [4.69, 9.17) is 10.2 Å². The molecule has 0 bridgehead atoms. The Kier molecular flexibility index (Phi) is 4.85. The summed E-state index contributed by atoms with van der Waals surface area (Å²) in [6.45, 7) is 3.31. The molecular formula is C13H17NO4. The second-order valence-electron chi connectivity index (χ2n) is 4.24. The van der Waals surface area contributed by atoms with Crippen molar-refractivity contribution in [2.45, 2.75) is 26.3 Å². The highest BCUT2D eigenvalue weighted by Gasteiger charge is 2.18. The van der Waals surface area contributed by atoms with Crippen LogP contribution in [0.25, 0.3) is 0 Å². The van der Waals surface area contributed by atoms with Crippen molar-refractivity contribution in [3.05, 3.63) is 34.9 Å². The molecule has 3 N–H and O–H groups in total. The predicted octanol–water partition coefficient (Wildman–Crippen LogP) is 0.408. The van der Waals surface area contributed by atoms with Crippen LogP contribution in [0.2, 0.25) is 0 Å². The van der Waals surface area contributed by atoms with Gasteiger partial charge >= 0.3 is 5.97 Å². The van der Waals surface area contributed by atoms with E-state index in [0.29, 0.717) is 0 Å². The van der Waals surface area contributed by atoms with Crippen LogP contribution in [0.5, 0.6) is 0 Å². The second kappa shape index (κ2) is 6.16. The van der Waals surface area contributed by atoms with Crippen molar-refractivity contribution in [1.82, 2.24) is 5.32 Å². The van der Waals surface area contributed by atoms with Crippen molar-refractivity contribution >= 4 is 11.9 Å². The number of hydrogen-bond acceptors (Lipinski definition) is 3. The molecule has 0 fully saturated rings. The molecule has 0 radical (unpaired) electrons. The maximum atomic E-state index is 11.6. The Morgan fingerprint density at radius 3 is 2.44 bits per heavy atom. The summed E-state index contributed by atoms with van der Waals surface area (Å²) in [7, 11) is 0. The smallest absolute Gasteiger partial charge is 0.328 e. The predicted molar refractivity (Wildman–Crippen MR) is 66.3 cm³/mol. The van der Waals surface area contributed by atoms with Gasteiger partial charge < -0.3 is 15.5 Å².